The molecular weight excluding hydrogens is 456 g/mol. The third-order valence-electron chi connectivity index (χ3n) is 6.29. The van der Waals surface area contributed by atoms with E-state index in [0.29, 0.717) is 17.2 Å². The third kappa shape index (κ3) is 5.39. The van der Waals surface area contributed by atoms with Crippen LogP contribution in [0.25, 0.3) is 0 Å². The first-order chi connectivity index (χ1) is 14.7. The smallest absolute Gasteiger partial charge is 0.253 e. The standard InChI is InChI=1S/C24H33BrN4O2/c1-6-29(19-7-9-28(5)10-8-19)22-13-18(25)12-20(17(22)4)23(30)26-14-21-15(2)11-16(3)27-24(21)31/h11-13,19H,6-10,14H2,1-5H3,(H,26,30)(H,27,31). The van der Waals surface area contributed by atoms with Crippen molar-refractivity contribution in [1.82, 2.24) is 15.2 Å². The number of aryl methyl sites for hydroxylation is 2. The van der Waals surface area contributed by atoms with Crippen LogP contribution in [0.3, 0.4) is 0 Å². The Balaban J connectivity index is 1.84. The summed E-state index contributed by atoms with van der Waals surface area (Å²) in [7, 11) is 2.17. The minimum atomic E-state index is -0.168. The number of anilines is 1. The fourth-order valence-electron chi connectivity index (χ4n) is 4.50. The predicted octanol–water partition coefficient (Wildman–Crippen LogP) is 3.91. The Kier molecular flexibility index (Phi) is 7.59. The normalized spacial score (nSPS) is 15.2. The van der Waals surface area contributed by atoms with Gasteiger partial charge in [0.15, 0.2) is 0 Å². The minimum absolute atomic E-state index is 0.149. The van der Waals surface area contributed by atoms with Crippen molar-refractivity contribution in [2.75, 3.05) is 31.6 Å². The molecule has 2 heterocycles. The van der Waals surface area contributed by atoms with Gasteiger partial charge in [-0.3, -0.25) is 9.59 Å². The molecule has 0 unspecified atom stereocenters. The SMILES string of the molecule is CCN(c1cc(Br)cc(C(=O)NCc2c(C)cc(C)[nH]c2=O)c1C)C1CCN(C)CC1. The molecule has 0 radical (unpaired) electrons. The van der Waals surface area contributed by atoms with E-state index in [1.54, 1.807) is 0 Å². The van der Waals surface area contributed by atoms with E-state index in [2.05, 4.69) is 56.1 Å². The van der Waals surface area contributed by atoms with Crippen LogP contribution in [0.15, 0.2) is 27.5 Å². The van der Waals surface area contributed by atoms with Crippen LogP contribution in [0.5, 0.6) is 0 Å². The zero-order chi connectivity index (χ0) is 22.7. The molecule has 3 rings (SSSR count). The van der Waals surface area contributed by atoms with E-state index in [-0.39, 0.29) is 18.0 Å². The molecule has 0 bridgehead atoms. The molecule has 1 fully saturated rings. The van der Waals surface area contributed by atoms with Gasteiger partial charge in [0.25, 0.3) is 11.5 Å². The summed E-state index contributed by atoms with van der Waals surface area (Å²) in [5.74, 6) is -0.168. The Hall–Kier alpha value is -2.12. The summed E-state index contributed by atoms with van der Waals surface area (Å²) >= 11 is 3.60. The average Bonchev–Trinajstić information content (AvgIpc) is 2.71. The van der Waals surface area contributed by atoms with Crippen LogP contribution in [0.2, 0.25) is 0 Å². The Morgan fingerprint density at radius 3 is 2.52 bits per heavy atom. The van der Waals surface area contributed by atoms with Crippen LogP contribution in [0.4, 0.5) is 5.69 Å². The lowest BCUT2D eigenvalue weighted by molar-refractivity contribution is 0.0950. The number of H-pyrrole nitrogens is 1. The Morgan fingerprint density at radius 1 is 1.23 bits per heavy atom. The Labute approximate surface area is 193 Å². The third-order valence-corrected chi connectivity index (χ3v) is 6.75. The Bertz CT molecular complexity index is 1010. The lowest BCUT2D eigenvalue weighted by Crippen LogP contribution is -2.44. The van der Waals surface area contributed by atoms with Gasteiger partial charge in [-0.25, -0.2) is 0 Å². The first kappa shape index (κ1) is 23.5. The molecule has 1 aromatic heterocycles. The van der Waals surface area contributed by atoms with Crippen molar-refractivity contribution in [2.24, 2.45) is 0 Å². The lowest BCUT2D eigenvalue weighted by Gasteiger charge is -2.39. The molecule has 0 aliphatic carbocycles. The molecule has 2 aromatic rings. The van der Waals surface area contributed by atoms with Crippen LogP contribution < -0.4 is 15.8 Å². The first-order valence-corrected chi connectivity index (χ1v) is 11.7. The number of nitrogens with zero attached hydrogens (tertiary/aromatic N) is 2. The highest BCUT2D eigenvalue weighted by molar-refractivity contribution is 9.10. The second-order valence-electron chi connectivity index (χ2n) is 8.54. The molecule has 31 heavy (non-hydrogen) atoms. The molecule has 1 aromatic carbocycles. The molecule has 1 amide bonds. The summed E-state index contributed by atoms with van der Waals surface area (Å²) in [5.41, 5.74) is 4.84. The van der Waals surface area contributed by atoms with E-state index < -0.39 is 0 Å². The fraction of sp³-hybridized carbons (Fsp3) is 0.500. The van der Waals surface area contributed by atoms with Crippen molar-refractivity contribution in [3.8, 4) is 0 Å². The number of benzene rings is 1. The van der Waals surface area contributed by atoms with Crippen LogP contribution >= 0.6 is 15.9 Å². The van der Waals surface area contributed by atoms with Crippen molar-refractivity contribution in [1.29, 1.82) is 0 Å². The molecule has 168 valence electrons. The van der Waals surface area contributed by atoms with Crippen molar-refractivity contribution in [2.45, 2.75) is 53.1 Å². The molecule has 0 spiro atoms. The number of pyridine rings is 1. The number of aromatic amines is 1. The molecule has 6 nitrogen and oxygen atoms in total. The van der Waals surface area contributed by atoms with E-state index in [4.69, 9.17) is 0 Å². The van der Waals surface area contributed by atoms with E-state index in [1.807, 2.05) is 32.9 Å². The van der Waals surface area contributed by atoms with Gasteiger partial charge >= 0.3 is 0 Å². The molecule has 1 aliphatic rings. The van der Waals surface area contributed by atoms with Gasteiger partial charge in [-0.2, -0.15) is 0 Å². The summed E-state index contributed by atoms with van der Waals surface area (Å²) in [6.07, 6.45) is 2.24. The number of carbonyl (C=O) groups excluding carboxylic acids is 1. The van der Waals surface area contributed by atoms with Gasteiger partial charge in [0.2, 0.25) is 0 Å². The summed E-state index contributed by atoms with van der Waals surface area (Å²) in [6, 6.07) is 6.37. The second-order valence-corrected chi connectivity index (χ2v) is 9.46. The highest BCUT2D eigenvalue weighted by Gasteiger charge is 2.25. The van der Waals surface area contributed by atoms with Gasteiger partial charge in [-0.15, -0.1) is 0 Å². The van der Waals surface area contributed by atoms with Gasteiger partial charge < -0.3 is 20.1 Å². The van der Waals surface area contributed by atoms with Crippen molar-refractivity contribution in [3.05, 3.63) is 61.0 Å². The fourth-order valence-corrected chi connectivity index (χ4v) is 4.94. The highest BCUT2D eigenvalue weighted by atomic mass is 79.9. The highest BCUT2D eigenvalue weighted by Crippen LogP contribution is 2.32. The molecular formula is C24H33BrN4O2. The van der Waals surface area contributed by atoms with Crippen LogP contribution in [0.1, 0.15) is 52.5 Å². The van der Waals surface area contributed by atoms with Gasteiger partial charge in [0.05, 0.1) is 0 Å². The summed E-state index contributed by atoms with van der Waals surface area (Å²) in [5, 5.41) is 2.95. The maximum absolute atomic E-state index is 13.1. The van der Waals surface area contributed by atoms with E-state index >= 15 is 0 Å². The van der Waals surface area contributed by atoms with Gasteiger partial charge in [-0.1, -0.05) is 15.9 Å². The number of aromatic nitrogens is 1. The number of rotatable bonds is 6. The summed E-state index contributed by atoms with van der Waals surface area (Å²) in [6.45, 7) is 11.2. The molecule has 1 aliphatic heterocycles. The number of amides is 1. The number of carbonyl (C=O) groups is 1. The first-order valence-electron chi connectivity index (χ1n) is 10.9. The molecule has 7 heteroatoms. The number of likely N-dealkylation sites (tertiary alicyclic amines) is 1. The number of hydrogen-bond donors (Lipinski definition) is 2. The monoisotopic (exact) mass is 488 g/mol. The van der Waals surface area contributed by atoms with Crippen LogP contribution in [-0.4, -0.2) is 48.5 Å². The van der Waals surface area contributed by atoms with Crippen molar-refractivity contribution in [3.63, 3.8) is 0 Å². The maximum Gasteiger partial charge on any atom is 0.253 e. The molecule has 2 N–H and O–H groups in total. The minimum Gasteiger partial charge on any atom is -0.368 e. The maximum atomic E-state index is 13.1. The van der Waals surface area contributed by atoms with Gasteiger partial charge in [0, 0.05) is 46.1 Å². The van der Waals surface area contributed by atoms with Gasteiger partial charge in [0.1, 0.15) is 0 Å². The molecule has 0 saturated carbocycles. The number of nitrogens with one attached hydrogen (secondary N) is 2. The number of halogens is 1. The number of piperidine rings is 1. The lowest BCUT2D eigenvalue weighted by atomic mass is 9.99. The predicted molar refractivity (Wildman–Crippen MR) is 130 cm³/mol. The molecule has 1 saturated heterocycles. The quantitative estimate of drug-likeness (QED) is 0.646. The van der Waals surface area contributed by atoms with Crippen molar-refractivity contribution < 1.29 is 4.79 Å². The van der Waals surface area contributed by atoms with E-state index in [0.717, 1.165) is 59.5 Å². The zero-order valence-corrected chi connectivity index (χ0v) is 20.7. The topological polar surface area (TPSA) is 68.4 Å². The summed E-state index contributed by atoms with van der Waals surface area (Å²) < 4.78 is 0.883. The van der Waals surface area contributed by atoms with Crippen LogP contribution in [0, 0.1) is 20.8 Å². The molecule has 0 atom stereocenters. The average molecular weight is 489 g/mol. The van der Waals surface area contributed by atoms with E-state index in [1.165, 1.54) is 0 Å². The van der Waals surface area contributed by atoms with Gasteiger partial charge in [-0.05, 0) is 90.0 Å². The Morgan fingerprint density at radius 2 is 1.90 bits per heavy atom. The largest absolute Gasteiger partial charge is 0.368 e. The zero-order valence-electron chi connectivity index (χ0n) is 19.1. The van der Waals surface area contributed by atoms with E-state index in [9.17, 15) is 9.59 Å². The summed E-state index contributed by atoms with van der Waals surface area (Å²) in [4.78, 5) is 33.0. The van der Waals surface area contributed by atoms with Crippen LogP contribution in [-0.2, 0) is 6.54 Å². The second kappa shape index (κ2) is 10.0. The van der Waals surface area contributed by atoms with Crippen molar-refractivity contribution >= 4 is 27.5 Å². The number of hydrogen-bond acceptors (Lipinski definition) is 4.